The lowest BCUT2D eigenvalue weighted by Gasteiger charge is -2.10. The minimum absolute atomic E-state index is 0.248. The maximum absolute atomic E-state index is 13.2. The zero-order valence-electron chi connectivity index (χ0n) is 12.3. The number of anilines is 3. The van der Waals surface area contributed by atoms with Gasteiger partial charge < -0.3 is 10.6 Å². The van der Waals surface area contributed by atoms with Crippen molar-refractivity contribution >= 4 is 17.5 Å². The molecule has 118 valence electrons. The molecule has 2 heterocycles. The number of nitrogens with one attached hydrogen (secondary N) is 3. The number of hydrogen-bond acceptors (Lipinski definition) is 5. The molecular formula is C15H14F2N6. The second-order valence-electron chi connectivity index (χ2n) is 4.97. The van der Waals surface area contributed by atoms with Crippen molar-refractivity contribution in [1.82, 2.24) is 20.2 Å². The fourth-order valence-electron chi connectivity index (χ4n) is 2.03. The number of benzene rings is 1. The molecule has 0 aliphatic heterocycles. The van der Waals surface area contributed by atoms with Crippen LogP contribution < -0.4 is 10.6 Å². The molecule has 0 bridgehead atoms. The third kappa shape index (κ3) is 3.79. The minimum Gasteiger partial charge on any atom is -0.366 e. The highest BCUT2D eigenvalue weighted by atomic mass is 19.1. The summed E-state index contributed by atoms with van der Waals surface area (Å²) in [6.07, 6.45) is 4.93. The molecule has 3 N–H and O–H groups in total. The topological polar surface area (TPSA) is 78.5 Å². The van der Waals surface area contributed by atoms with Gasteiger partial charge in [-0.05, 0) is 24.6 Å². The van der Waals surface area contributed by atoms with E-state index in [2.05, 4.69) is 30.8 Å². The summed E-state index contributed by atoms with van der Waals surface area (Å²) >= 11 is 0. The quantitative estimate of drug-likeness (QED) is 0.674. The molecule has 0 saturated heterocycles. The third-order valence-corrected chi connectivity index (χ3v) is 3.11. The van der Waals surface area contributed by atoms with Gasteiger partial charge in [0.15, 0.2) is 0 Å². The number of hydrogen-bond donors (Lipinski definition) is 3. The van der Waals surface area contributed by atoms with Gasteiger partial charge in [0.05, 0.1) is 11.9 Å². The number of rotatable bonds is 5. The lowest BCUT2D eigenvalue weighted by Crippen LogP contribution is -2.06. The molecule has 0 fully saturated rings. The van der Waals surface area contributed by atoms with Crippen LogP contribution in [-0.2, 0) is 6.54 Å². The van der Waals surface area contributed by atoms with Gasteiger partial charge in [-0.1, -0.05) is 0 Å². The zero-order chi connectivity index (χ0) is 16.2. The lowest BCUT2D eigenvalue weighted by atomic mass is 10.2. The average Bonchev–Trinajstić information content (AvgIpc) is 3.00. The fraction of sp³-hybridized carbons (Fsp3) is 0.133. The molecule has 0 aliphatic rings. The van der Waals surface area contributed by atoms with Crippen LogP contribution in [0.15, 0.2) is 36.8 Å². The summed E-state index contributed by atoms with van der Waals surface area (Å²) in [5, 5.41) is 12.5. The number of aryl methyl sites for hydroxylation is 1. The van der Waals surface area contributed by atoms with E-state index in [4.69, 9.17) is 0 Å². The number of H-pyrrole nitrogens is 1. The van der Waals surface area contributed by atoms with Crippen molar-refractivity contribution in [3.05, 3.63) is 59.6 Å². The van der Waals surface area contributed by atoms with E-state index < -0.39 is 11.6 Å². The SMILES string of the molecule is Cc1cnc(Nc2cn[nH]c2)nc1NCc1cc(F)cc(F)c1. The summed E-state index contributed by atoms with van der Waals surface area (Å²) in [7, 11) is 0. The summed E-state index contributed by atoms with van der Waals surface area (Å²) in [4.78, 5) is 8.52. The standard InChI is InChI=1S/C15H14F2N6/c1-9-5-19-15(22-13-7-20-21-8-13)23-14(9)18-6-10-2-11(16)4-12(17)3-10/h2-5,7-8H,6H2,1H3,(H,20,21)(H2,18,19,22,23). The first-order valence-corrected chi connectivity index (χ1v) is 6.88. The van der Waals surface area contributed by atoms with E-state index in [-0.39, 0.29) is 6.54 Å². The van der Waals surface area contributed by atoms with Crippen LogP contribution in [0.5, 0.6) is 0 Å². The molecule has 0 radical (unpaired) electrons. The molecule has 0 unspecified atom stereocenters. The number of halogens is 2. The maximum atomic E-state index is 13.2. The van der Waals surface area contributed by atoms with Crippen molar-refractivity contribution in [1.29, 1.82) is 0 Å². The van der Waals surface area contributed by atoms with Gasteiger partial charge in [-0.3, -0.25) is 5.10 Å². The number of nitrogens with zero attached hydrogens (tertiary/aromatic N) is 3. The van der Waals surface area contributed by atoms with Crippen molar-refractivity contribution in [3.63, 3.8) is 0 Å². The van der Waals surface area contributed by atoms with Gasteiger partial charge in [-0.2, -0.15) is 10.1 Å². The highest BCUT2D eigenvalue weighted by Crippen LogP contribution is 2.17. The largest absolute Gasteiger partial charge is 0.366 e. The Morgan fingerprint density at radius 3 is 2.61 bits per heavy atom. The first-order valence-electron chi connectivity index (χ1n) is 6.88. The molecule has 3 aromatic rings. The molecule has 2 aromatic heterocycles. The van der Waals surface area contributed by atoms with Gasteiger partial charge in [0, 0.05) is 30.6 Å². The van der Waals surface area contributed by atoms with Crippen LogP contribution in [0.1, 0.15) is 11.1 Å². The van der Waals surface area contributed by atoms with Gasteiger partial charge in [-0.15, -0.1) is 0 Å². The van der Waals surface area contributed by atoms with Crippen molar-refractivity contribution in [2.75, 3.05) is 10.6 Å². The molecule has 0 spiro atoms. The predicted molar refractivity (Wildman–Crippen MR) is 82.3 cm³/mol. The first kappa shape index (κ1) is 14.9. The molecular weight excluding hydrogens is 302 g/mol. The molecule has 8 heteroatoms. The molecule has 1 aromatic carbocycles. The molecule has 6 nitrogen and oxygen atoms in total. The predicted octanol–water partition coefficient (Wildman–Crippen LogP) is 3.14. The Morgan fingerprint density at radius 1 is 1.13 bits per heavy atom. The summed E-state index contributed by atoms with van der Waals surface area (Å²) < 4.78 is 26.4. The molecule has 0 atom stereocenters. The van der Waals surface area contributed by atoms with E-state index in [0.717, 1.165) is 17.3 Å². The second-order valence-corrected chi connectivity index (χ2v) is 4.97. The van der Waals surface area contributed by atoms with Crippen LogP contribution in [0.25, 0.3) is 0 Å². The first-order chi connectivity index (χ1) is 11.1. The Balaban J connectivity index is 1.74. The van der Waals surface area contributed by atoms with Crippen LogP contribution in [0.4, 0.5) is 26.2 Å². The minimum atomic E-state index is -0.608. The maximum Gasteiger partial charge on any atom is 0.229 e. The van der Waals surface area contributed by atoms with Crippen molar-refractivity contribution in [2.24, 2.45) is 0 Å². The van der Waals surface area contributed by atoms with Crippen LogP contribution in [-0.4, -0.2) is 20.2 Å². The van der Waals surface area contributed by atoms with E-state index >= 15 is 0 Å². The highest BCUT2D eigenvalue weighted by molar-refractivity contribution is 5.54. The van der Waals surface area contributed by atoms with Gasteiger partial charge in [0.2, 0.25) is 5.95 Å². The van der Waals surface area contributed by atoms with E-state index in [1.54, 1.807) is 18.6 Å². The summed E-state index contributed by atoms with van der Waals surface area (Å²) in [5.41, 5.74) is 2.04. The van der Waals surface area contributed by atoms with E-state index in [9.17, 15) is 8.78 Å². The van der Waals surface area contributed by atoms with Crippen LogP contribution in [0.3, 0.4) is 0 Å². The molecule has 0 amide bonds. The molecule has 3 rings (SSSR count). The molecule has 0 saturated carbocycles. The Labute approximate surface area is 131 Å². The Bertz CT molecular complexity index is 783. The van der Waals surface area contributed by atoms with E-state index in [1.165, 1.54) is 12.1 Å². The van der Waals surface area contributed by atoms with Gasteiger partial charge in [0.25, 0.3) is 0 Å². The van der Waals surface area contributed by atoms with Crippen LogP contribution in [0.2, 0.25) is 0 Å². The van der Waals surface area contributed by atoms with Crippen LogP contribution >= 0.6 is 0 Å². The molecule has 23 heavy (non-hydrogen) atoms. The molecule has 0 aliphatic carbocycles. The fourth-order valence-corrected chi connectivity index (χ4v) is 2.03. The van der Waals surface area contributed by atoms with Crippen molar-refractivity contribution < 1.29 is 8.78 Å². The Morgan fingerprint density at radius 2 is 1.91 bits per heavy atom. The highest BCUT2D eigenvalue weighted by Gasteiger charge is 2.06. The second kappa shape index (κ2) is 6.39. The normalized spacial score (nSPS) is 10.6. The zero-order valence-corrected chi connectivity index (χ0v) is 12.3. The smallest absolute Gasteiger partial charge is 0.229 e. The van der Waals surface area contributed by atoms with E-state index in [0.29, 0.717) is 17.3 Å². The van der Waals surface area contributed by atoms with Crippen LogP contribution in [0, 0.1) is 18.6 Å². The number of aromatic amines is 1. The summed E-state index contributed by atoms with van der Waals surface area (Å²) in [5.74, 6) is -0.243. The average molecular weight is 316 g/mol. The number of aromatic nitrogens is 4. The summed E-state index contributed by atoms with van der Waals surface area (Å²) in [6.45, 7) is 2.09. The van der Waals surface area contributed by atoms with E-state index in [1.807, 2.05) is 6.92 Å². The van der Waals surface area contributed by atoms with Crippen molar-refractivity contribution in [3.8, 4) is 0 Å². The lowest BCUT2D eigenvalue weighted by molar-refractivity contribution is 0.580. The Hall–Kier alpha value is -3.03. The summed E-state index contributed by atoms with van der Waals surface area (Å²) in [6, 6.07) is 3.39. The monoisotopic (exact) mass is 316 g/mol. The van der Waals surface area contributed by atoms with Gasteiger partial charge >= 0.3 is 0 Å². The third-order valence-electron chi connectivity index (χ3n) is 3.11. The Kier molecular flexibility index (Phi) is 4.13. The van der Waals surface area contributed by atoms with Gasteiger partial charge in [-0.25, -0.2) is 13.8 Å². The van der Waals surface area contributed by atoms with Crippen molar-refractivity contribution in [2.45, 2.75) is 13.5 Å². The van der Waals surface area contributed by atoms with Gasteiger partial charge in [0.1, 0.15) is 17.5 Å².